The summed E-state index contributed by atoms with van der Waals surface area (Å²) in [4.78, 5) is 13.4. The topological polar surface area (TPSA) is 59.5 Å². The van der Waals surface area contributed by atoms with E-state index in [9.17, 15) is 4.79 Å². The zero-order valence-corrected chi connectivity index (χ0v) is 11.2. The van der Waals surface area contributed by atoms with Crippen LogP contribution >= 0.6 is 15.9 Å². The van der Waals surface area contributed by atoms with Crippen molar-refractivity contribution in [2.45, 2.75) is 19.9 Å². The normalized spacial score (nSPS) is 12.5. The van der Waals surface area contributed by atoms with Crippen LogP contribution in [0.5, 0.6) is 0 Å². The molecule has 1 amide bonds. The Morgan fingerprint density at radius 1 is 1.62 bits per heavy atom. The van der Waals surface area contributed by atoms with Crippen LogP contribution < -0.4 is 5.73 Å². The highest BCUT2D eigenvalue weighted by Gasteiger charge is 2.13. The highest BCUT2D eigenvalue weighted by molar-refractivity contribution is 9.10. The van der Waals surface area contributed by atoms with Gasteiger partial charge in [-0.05, 0) is 40.5 Å². The van der Waals surface area contributed by atoms with Crippen LogP contribution in [0.15, 0.2) is 21.2 Å². The number of nitrogens with zero attached hydrogens (tertiary/aromatic N) is 1. The van der Waals surface area contributed by atoms with Gasteiger partial charge in [-0.1, -0.05) is 6.92 Å². The molecule has 1 aromatic rings. The zero-order valence-electron chi connectivity index (χ0n) is 9.57. The molecule has 0 fully saturated rings. The van der Waals surface area contributed by atoms with Crippen molar-refractivity contribution >= 4 is 21.8 Å². The molecule has 0 aliphatic heterocycles. The number of furan rings is 1. The van der Waals surface area contributed by atoms with Gasteiger partial charge in [0.15, 0.2) is 4.67 Å². The number of hydrogen-bond acceptors (Lipinski definition) is 3. The summed E-state index contributed by atoms with van der Waals surface area (Å²) in [5, 5.41) is 0. The molecule has 1 rings (SSSR count). The predicted molar refractivity (Wildman–Crippen MR) is 65.7 cm³/mol. The minimum absolute atomic E-state index is 0.0884. The molecule has 0 saturated carbocycles. The lowest BCUT2D eigenvalue weighted by atomic mass is 10.1. The molecule has 1 heterocycles. The first kappa shape index (κ1) is 13.3. The van der Waals surface area contributed by atoms with Crippen LogP contribution in [-0.4, -0.2) is 24.4 Å². The van der Waals surface area contributed by atoms with Gasteiger partial charge in [0.2, 0.25) is 5.91 Å². The van der Waals surface area contributed by atoms with E-state index in [0.717, 1.165) is 5.76 Å². The van der Waals surface area contributed by atoms with E-state index >= 15 is 0 Å². The van der Waals surface area contributed by atoms with Crippen molar-refractivity contribution in [1.29, 1.82) is 0 Å². The van der Waals surface area contributed by atoms with Crippen LogP contribution in [0.4, 0.5) is 0 Å². The second-order valence-corrected chi connectivity index (χ2v) is 4.78. The van der Waals surface area contributed by atoms with Crippen LogP contribution in [-0.2, 0) is 11.3 Å². The fourth-order valence-electron chi connectivity index (χ4n) is 1.30. The van der Waals surface area contributed by atoms with Gasteiger partial charge in [-0.15, -0.1) is 0 Å². The van der Waals surface area contributed by atoms with Crippen molar-refractivity contribution in [3.8, 4) is 0 Å². The highest BCUT2D eigenvalue weighted by atomic mass is 79.9. The molecule has 0 aliphatic rings. The largest absolute Gasteiger partial charge is 0.452 e. The Kier molecular flexibility index (Phi) is 5.02. The van der Waals surface area contributed by atoms with Crippen LogP contribution in [0.2, 0.25) is 0 Å². The van der Waals surface area contributed by atoms with Crippen molar-refractivity contribution in [2.24, 2.45) is 11.7 Å². The number of nitrogens with two attached hydrogens (primary N) is 1. The first-order valence-electron chi connectivity index (χ1n) is 5.21. The van der Waals surface area contributed by atoms with E-state index in [-0.39, 0.29) is 11.8 Å². The van der Waals surface area contributed by atoms with E-state index in [1.165, 1.54) is 0 Å². The quantitative estimate of drug-likeness (QED) is 0.901. The van der Waals surface area contributed by atoms with Gasteiger partial charge >= 0.3 is 0 Å². The maximum absolute atomic E-state index is 11.7. The van der Waals surface area contributed by atoms with Crippen molar-refractivity contribution in [1.82, 2.24) is 4.90 Å². The van der Waals surface area contributed by atoms with Crippen molar-refractivity contribution in [2.75, 3.05) is 13.6 Å². The van der Waals surface area contributed by atoms with Gasteiger partial charge < -0.3 is 15.1 Å². The molecule has 1 aromatic heterocycles. The summed E-state index contributed by atoms with van der Waals surface area (Å²) in [6.45, 7) is 2.99. The van der Waals surface area contributed by atoms with Gasteiger partial charge in [-0.3, -0.25) is 4.79 Å². The molecule has 0 spiro atoms. The Morgan fingerprint density at radius 2 is 2.31 bits per heavy atom. The maximum Gasteiger partial charge on any atom is 0.223 e. The molecule has 0 aliphatic carbocycles. The number of carbonyl (C=O) groups excluding carboxylic acids is 1. The number of rotatable bonds is 5. The third kappa shape index (κ3) is 3.98. The van der Waals surface area contributed by atoms with E-state index in [4.69, 9.17) is 10.2 Å². The van der Waals surface area contributed by atoms with Crippen molar-refractivity contribution < 1.29 is 9.21 Å². The molecule has 1 unspecified atom stereocenters. The molecule has 5 heteroatoms. The molecule has 0 aromatic carbocycles. The number of carbonyl (C=O) groups is 1. The van der Waals surface area contributed by atoms with E-state index in [1.807, 2.05) is 19.1 Å². The molecule has 1 atom stereocenters. The Bertz CT molecular complexity index is 352. The Labute approximate surface area is 104 Å². The lowest BCUT2D eigenvalue weighted by Crippen LogP contribution is -2.29. The second kappa shape index (κ2) is 6.06. The molecule has 0 radical (unpaired) electrons. The molecule has 0 bridgehead atoms. The smallest absolute Gasteiger partial charge is 0.223 e. The SMILES string of the molecule is CC(CN)CC(=O)N(C)Cc1ccc(Br)o1. The Balaban J connectivity index is 2.45. The zero-order chi connectivity index (χ0) is 12.1. The van der Waals surface area contributed by atoms with Crippen molar-refractivity contribution in [3.05, 3.63) is 22.6 Å². The minimum atomic E-state index is 0.0884. The van der Waals surface area contributed by atoms with Gasteiger partial charge in [0, 0.05) is 13.5 Å². The highest BCUT2D eigenvalue weighted by Crippen LogP contribution is 2.15. The number of hydrogen-bond donors (Lipinski definition) is 1. The average Bonchev–Trinajstić information content (AvgIpc) is 2.63. The number of amides is 1. The summed E-state index contributed by atoms with van der Waals surface area (Å²) in [6, 6.07) is 3.66. The summed E-state index contributed by atoms with van der Waals surface area (Å²) in [6.07, 6.45) is 0.481. The lowest BCUT2D eigenvalue weighted by molar-refractivity contribution is -0.131. The summed E-state index contributed by atoms with van der Waals surface area (Å²) in [7, 11) is 1.77. The number of halogens is 1. The lowest BCUT2D eigenvalue weighted by Gasteiger charge is -2.17. The van der Waals surface area contributed by atoms with E-state index in [1.54, 1.807) is 11.9 Å². The minimum Gasteiger partial charge on any atom is -0.452 e. The van der Waals surface area contributed by atoms with E-state index in [2.05, 4.69) is 15.9 Å². The Hall–Kier alpha value is -0.810. The van der Waals surface area contributed by atoms with Gasteiger partial charge in [-0.2, -0.15) is 0 Å². The molecular formula is C11H17BrN2O2. The maximum atomic E-state index is 11.7. The standard InChI is InChI=1S/C11H17BrN2O2/c1-8(6-13)5-11(15)14(2)7-9-3-4-10(12)16-9/h3-4,8H,5-7,13H2,1-2H3. The molecule has 2 N–H and O–H groups in total. The summed E-state index contributed by atoms with van der Waals surface area (Å²) in [5.74, 6) is 1.08. The van der Waals surface area contributed by atoms with Crippen LogP contribution in [0.1, 0.15) is 19.1 Å². The van der Waals surface area contributed by atoms with Crippen LogP contribution in [0.3, 0.4) is 0 Å². The molecular weight excluding hydrogens is 272 g/mol. The molecule has 4 nitrogen and oxygen atoms in total. The Morgan fingerprint density at radius 3 is 2.81 bits per heavy atom. The van der Waals surface area contributed by atoms with E-state index in [0.29, 0.717) is 24.2 Å². The molecule has 90 valence electrons. The van der Waals surface area contributed by atoms with Crippen molar-refractivity contribution in [3.63, 3.8) is 0 Å². The van der Waals surface area contributed by atoms with Crippen LogP contribution in [0.25, 0.3) is 0 Å². The van der Waals surface area contributed by atoms with Gasteiger partial charge in [0.1, 0.15) is 5.76 Å². The van der Waals surface area contributed by atoms with Gasteiger partial charge in [0.25, 0.3) is 0 Å². The fraction of sp³-hybridized carbons (Fsp3) is 0.545. The first-order valence-corrected chi connectivity index (χ1v) is 6.00. The summed E-state index contributed by atoms with van der Waals surface area (Å²) >= 11 is 3.22. The third-order valence-electron chi connectivity index (χ3n) is 2.37. The third-order valence-corrected chi connectivity index (χ3v) is 2.80. The fourth-order valence-corrected chi connectivity index (χ4v) is 1.64. The molecule has 16 heavy (non-hydrogen) atoms. The van der Waals surface area contributed by atoms with Gasteiger partial charge in [0.05, 0.1) is 6.54 Å². The molecule has 0 saturated heterocycles. The monoisotopic (exact) mass is 288 g/mol. The average molecular weight is 289 g/mol. The van der Waals surface area contributed by atoms with E-state index < -0.39 is 0 Å². The predicted octanol–water partition coefficient (Wildman–Crippen LogP) is 1.99. The van der Waals surface area contributed by atoms with Crippen LogP contribution in [0, 0.1) is 5.92 Å². The summed E-state index contributed by atoms with van der Waals surface area (Å²) in [5.41, 5.74) is 5.48. The first-order chi connectivity index (χ1) is 7.52. The summed E-state index contributed by atoms with van der Waals surface area (Å²) < 4.78 is 6.01. The van der Waals surface area contributed by atoms with Gasteiger partial charge in [-0.25, -0.2) is 0 Å². The second-order valence-electron chi connectivity index (χ2n) is 4.00.